The second kappa shape index (κ2) is 8.72. The maximum atomic E-state index is 13.6. The molecule has 0 N–H and O–H groups in total. The van der Waals surface area contributed by atoms with Crippen molar-refractivity contribution in [2.75, 3.05) is 13.1 Å². The van der Waals surface area contributed by atoms with Crippen LogP contribution < -0.4 is 0 Å². The summed E-state index contributed by atoms with van der Waals surface area (Å²) in [5, 5.41) is 6.97. The molecular weight excluding hydrogens is 475 g/mol. The highest BCUT2D eigenvalue weighted by Gasteiger charge is 2.43. The number of rotatable bonds is 5. The Hall–Kier alpha value is -3.76. The van der Waals surface area contributed by atoms with Crippen molar-refractivity contribution in [3.05, 3.63) is 65.1 Å². The van der Waals surface area contributed by atoms with Crippen molar-refractivity contribution in [1.82, 2.24) is 25.0 Å². The van der Waals surface area contributed by atoms with Crippen LogP contribution in [0.25, 0.3) is 11.5 Å². The number of aromatic nitrogens is 3. The van der Waals surface area contributed by atoms with Gasteiger partial charge in [-0.05, 0) is 43.0 Å². The van der Waals surface area contributed by atoms with Crippen molar-refractivity contribution in [3.63, 3.8) is 0 Å². The van der Waals surface area contributed by atoms with Crippen LogP contribution in [0, 0.1) is 11.7 Å². The van der Waals surface area contributed by atoms with Gasteiger partial charge in [0, 0.05) is 37.2 Å². The molecule has 3 aromatic rings. The topological polar surface area (TPSA) is 92.4 Å². The van der Waals surface area contributed by atoms with Gasteiger partial charge in [0.15, 0.2) is 0 Å². The summed E-state index contributed by atoms with van der Waals surface area (Å²) in [6, 6.07) is 7.50. The highest BCUT2D eigenvalue weighted by atomic mass is 19.3. The number of hydrogen-bond donors (Lipinski definition) is 0. The molecule has 36 heavy (non-hydrogen) atoms. The highest BCUT2D eigenvalue weighted by Crippen LogP contribution is 2.39. The molecule has 1 aromatic carbocycles. The molecule has 11 heteroatoms. The molecule has 186 valence electrons. The van der Waals surface area contributed by atoms with Gasteiger partial charge in [-0.1, -0.05) is 12.1 Å². The number of alkyl halides is 2. The molecule has 6 rings (SSSR count). The van der Waals surface area contributed by atoms with Crippen LogP contribution in [0.4, 0.5) is 13.2 Å². The van der Waals surface area contributed by atoms with Gasteiger partial charge in [-0.2, -0.15) is 8.78 Å². The van der Waals surface area contributed by atoms with Gasteiger partial charge in [0.2, 0.25) is 11.8 Å². The Balaban J connectivity index is 1.28. The molecule has 8 nitrogen and oxygen atoms in total. The van der Waals surface area contributed by atoms with Crippen molar-refractivity contribution >= 4 is 11.8 Å². The minimum absolute atomic E-state index is 0.0889. The molecule has 3 aliphatic rings. The number of fused-ring (bicyclic) bond motifs is 1. The van der Waals surface area contributed by atoms with E-state index in [-0.39, 0.29) is 53.5 Å². The van der Waals surface area contributed by atoms with Crippen molar-refractivity contribution < 1.29 is 27.2 Å². The Morgan fingerprint density at radius 3 is 2.58 bits per heavy atom. The van der Waals surface area contributed by atoms with Crippen LogP contribution in [0.1, 0.15) is 59.1 Å². The van der Waals surface area contributed by atoms with E-state index in [1.807, 2.05) is 4.90 Å². The lowest BCUT2D eigenvalue weighted by Crippen LogP contribution is -2.51. The van der Waals surface area contributed by atoms with E-state index < -0.39 is 12.3 Å². The first-order valence-corrected chi connectivity index (χ1v) is 11.8. The average molecular weight is 497 g/mol. The molecule has 4 heterocycles. The van der Waals surface area contributed by atoms with Gasteiger partial charge >= 0.3 is 6.43 Å². The first-order valence-electron chi connectivity index (χ1n) is 11.8. The molecule has 1 saturated carbocycles. The summed E-state index contributed by atoms with van der Waals surface area (Å²) in [6.07, 6.45) is 0.924. The number of carbonyl (C=O) groups excluding carboxylic acids is 2. The monoisotopic (exact) mass is 497 g/mol. The fourth-order valence-corrected chi connectivity index (χ4v) is 5.16. The number of pyridine rings is 1. The van der Waals surface area contributed by atoms with Gasteiger partial charge in [0.05, 0.1) is 23.4 Å². The van der Waals surface area contributed by atoms with Crippen molar-refractivity contribution in [1.29, 1.82) is 0 Å². The maximum absolute atomic E-state index is 13.6. The molecule has 0 radical (unpaired) electrons. The SMILES string of the molecule is O=C(C1CC1)N1CC[C@@H](N2Cc3ncc(-c4nnc(C(F)F)o4)cc3C2=O)[C@H](c2ccc(F)cc2)C1. The van der Waals surface area contributed by atoms with Gasteiger partial charge in [0.25, 0.3) is 11.8 Å². The van der Waals surface area contributed by atoms with Crippen LogP contribution in [0.2, 0.25) is 0 Å². The second-order valence-corrected chi connectivity index (χ2v) is 9.47. The summed E-state index contributed by atoms with van der Waals surface area (Å²) in [5.74, 6) is -1.49. The van der Waals surface area contributed by atoms with Crippen molar-refractivity contribution in [2.45, 2.75) is 44.2 Å². The highest BCUT2D eigenvalue weighted by molar-refractivity contribution is 5.99. The predicted octanol–water partition coefficient (Wildman–Crippen LogP) is 3.96. The third-order valence-electron chi connectivity index (χ3n) is 7.17. The molecule has 1 aliphatic carbocycles. The fraction of sp³-hybridized carbons (Fsp3) is 0.400. The van der Waals surface area contributed by atoms with Crippen LogP contribution in [-0.4, -0.2) is 55.9 Å². The number of amides is 2. The Kier molecular flexibility index (Phi) is 5.50. The molecule has 2 fully saturated rings. The number of likely N-dealkylation sites (tertiary alicyclic amines) is 1. The van der Waals surface area contributed by atoms with E-state index in [1.54, 1.807) is 17.0 Å². The zero-order chi connectivity index (χ0) is 25.0. The number of nitrogens with zero attached hydrogens (tertiary/aromatic N) is 5. The summed E-state index contributed by atoms with van der Waals surface area (Å²) in [4.78, 5) is 34.3. The minimum Gasteiger partial charge on any atom is -0.415 e. The molecular formula is C25H22F3N5O3. The molecule has 2 aromatic heterocycles. The van der Waals surface area contributed by atoms with Crippen LogP contribution >= 0.6 is 0 Å². The van der Waals surface area contributed by atoms with Crippen molar-refractivity contribution in [2.24, 2.45) is 5.92 Å². The molecule has 0 spiro atoms. The van der Waals surface area contributed by atoms with E-state index in [4.69, 9.17) is 4.42 Å². The molecule has 2 amide bonds. The van der Waals surface area contributed by atoms with Crippen LogP contribution in [0.5, 0.6) is 0 Å². The lowest BCUT2D eigenvalue weighted by Gasteiger charge is -2.43. The predicted molar refractivity (Wildman–Crippen MR) is 119 cm³/mol. The average Bonchev–Trinajstić information content (AvgIpc) is 3.52. The Morgan fingerprint density at radius 1 is 1.11 bits per heavy atom. The zero-order valence-corrected chi connectivity index (χ0v) is 19.1. The number of hydrogen-bond acceptors (Lipinski definition) is 6. The van der Waals surface area contributed by atoms with E-state index in [2.05, 4.69) is 15.2 Å². The molecule has 0 unspecified atom stereocenters. The minimum atomic E-state index is -2.90. The molecule has 2 atom stereocenters. The smallest absolute Gasteiger partial charge is 0.314 e. The first-order chi connectivity index (χ1) is 17.4. The number of benzene rings is 1. The maximum Gasteiger partial charge on any atom is 0.314 e. The van der Waals surface area contributed by atoms with Gasteiger partial charge < -0.3 is 14.2 Å². The molecule has 1 saturated heterocycles. The fourth-order valence-electron chi connectivity index (χ4n) is 5.16. The zero-order valence-electron chi connectivity index (χ0n) is 19.1. The summed E-state index contributed by atoms with van der Waals surface area (Å²) in [6.45, 7) is 1.26. The van der Waals surface area contributed by atoms with Crippen molar-refractivity contribution in [3.8, 4) is 11.5 Å². The van der Waals surface area contributed by atoms with E-state index in [0.717, 1.165) is 18.4 Å². The van der Waals surface area contributed by atoms with E-state index >= 15 is 0 Å². The largest absolute Gasteiger partial charge is 0.415 e. The molecule has 2 aliphatic heterocycles. The van der Waals surface area contributed by atoms with E-state index in [9.17, 15) is 22.8 Å². The summed E-state index contributed by atoms with van der Waals surface area (Å²) in [7, 11) is 0. The van der Waals surface area contributed by atoms with Crippen LogP contribution in [-0.2, 0) is 11.3 Å². The third kappa shape index (κ3) is 4.02. The lowest BCUT2D eigenvalue weighted by atomic mass is 9.84. The van der Waals surface area contributed by atoms with Crippen LogP contribution in [0.3, 0.4) is 0 Å². The molecule has 0 bridgehead atoms. The quantitative estimate of drug-likeness (QED) is 0.530. The summed E-state index contributed by atoms with van der Waals surface area (Å²) < 4.78 is 44.3. The number of carbonyl (C=O) groups is 2. The number of halogens is 3. The van der Waals surface area contributed by atoms with E-state index in [0.29, 0.717) is 30.8 Å². The van der Waals surface area contributed by atoms with Crippen LogP contribution in [0.15, 0.2) is 40.9 Å². The van der Waals surface area contributed by atoms with Gasteiger partial charge in [-0.3, -0.25) is 14.6 Å². The normalized spacial score (nSPS) is 21.8. The van der Waals surface area contributed by atoms with E-state index in [1.165, 1.54) is 24.4 Å². The Labute approximate surface area is 204 Å². The standard InChI is InChI=1S/C25H22F3N5O3/c26-16-5-3-13(4-6-16)18-11-32(24(34)14-1-2-14)8-7-20(18)33-12-19-17(25(33)35)9-15(10-29-19)22-30-31-23(36-22)21(27)28/h3-6,9-10,14,18,20-21H,1-2,7-8,11-12H2/t18-,20+/m0/s1. The third-order valence-corrected chi connectivity index (χ3v) is 7.17. The van der Waals surface area contributed by atoms with Gasteiger partial charge in [0.1, 0.15) is 5.82 Å². The summed E-state index contributed by atoms with van der Waals surface area (Å²) >= 11 is 0. The summed E-state index contributed by atoms with van der Waals surface area (Å²) in [5.41, 5.74) is 2.05. The lowest BCUT2D eigenvalue weighted by molar-refractivity contribution is -0.134. The van der Waals surface area contributed by atoms with Gasteiger partial charge in [-0.25, -0.2) is 4.39 Å². The van der Waals surface area contributed by atoms with Gasteiger partial charge in [-0.15, -0.1) is 10.2 Å². The first kappa shape index (κ1) is 22.7. The Morgan fingerprint density at radius 2 is 1.89 bits per heavy atom. The Bertz CT molecular complexity index is 1320. The second-order valence-electron chi connectivity index (χ2n) is 9.47. The number of piperidine rings is 1.